The van der Waals surface area contributed by atoms with Gasteiger partial charge in [-0.3, -0.25) is 14.4 Å². The summed E-state index contributed by atoms with van der Waals surface area (Å²) >= 11 is 0. The first-order valence-corrected chi connectivity index (χ1v) is 10.1. The number of benzene rings is 3. The molecule has 158 valence electrons. The highest BCUT2D eigenvalue weighted by molar-refractivity contribution is 6.05. The molecule has 6 nitrogen and oxygen atoms in total. The van der Waals surface area contributed by atoms with Gasteiger partial charge >= 0.3 is 0 Å². The van der Waals surface area contributed by atoms with Gasteiger partial charge in [-0.15, -0.1) is 0 Å². The molecule has 3 aromatic rings. The van der Waals surface area contributed by atoms with Crippen LogP contribution in [0, 0.1) is 6.92 Å². The Hall–Kier alpha value is -3.93. The van der Waals surface area contributed by atoms with E-state index in [4.69, 9.17) is 0 Å². The highest BCUT2D eigenvalue weighted by Gasteiger charge is 2.12. The van der Waals surface area contributed by atoms with E-state index in [0.717, 1.165) is 11.1 Å². The van der Waals surface area contributed by atoms with Crippen molar-refractivity contribution in [1.82, 2.24) is 10.6 Å². The van der Waals surface area contributed by atoms with Crippen molar-refractivity contribution in [1.29, 1.82) is 0 Å². The zero-order valence-corrected chi connectivity index (χ0v) is 17.6. The summed E-state index contributed by atoms with van der Waals surface area (Å²) in [6, 6.07) is 21.2. The molecule has 3 rings (SSSR count). The van der Waals surface area contributed by atoms with Gasteiger partial charge in [-0.05, 0) is 61.4 Å². The van der Waals surface area contributed by atoms with Gasteiger partial charge in [0.15, 0.2) is 0 Å². The van der Waals surface area contributed by atoms with E-state index < -0.39 is 0 Å². The third kappa shape index (κ3) is 5.79. The first-order valence-electron chi connectivity index (χ1n) is 10.1. The van der Waals surface area contributed by atoms with Crippen LogP contribution in [0.15, 0.2) is 72.8 Å². The summed E-state index contributed by atoms with van der Waals surface area (Å²) in [4.78, 5) is 37.1. The second-order valence-corrected chi connectivity index (χ2v) is 7.09. The highest BCUT2D eigenvalue weighted by atomic mass is 16.2. The Morgan fingerprint density at radius 2 is 1.39 bits per heavy atom. The van der Waals surface area contributed by atoms with E-state index in [1.54, 1.807) is 60.7 Å². The van der Waals surface area contributed by atoms with Crippen molar-refractivity contribution in [3.05, 3.63) is 101 Å². The zero-order chi connectivity index (χ0) is 22.2. The van der Waals surface area contributed by atoms with Gasteiger partial charge in [0.2, 0.25) is 0 Å². The summed E-state index contributed by atoms with van der Waals surface area (Å²) in [6.45, 7) is 4.57. The number of carbonyl (C=O) groups is 3. The Labute approximate surface area is 181 Å². The number of rotatable bonds is 7. The molecule has 6 heteroatoms. The molecule has 0 atom stereocenters. The van der Waals surface area contributed by atoms with Gasteiger partial charge < -0.3 is 16.0 Å². The van der Waals surface area contributed by atoms with Gasteiger partial charge in [0, 0.05) is 35.5 Å². The number of amides is 3. The average Bonchev–Trinajstić information content (AvgIpc) is 2.79. The summed E-state index contributed by atoms with van der Waals surface area (Å²) in [5.74, 6) is -0.643. The molecule has 0 aliphatic rings. The standard InChI is InChI=1S/C25H25N3O3/c1-3-26-23(29)20-11-7-8-18(14-20)16-27-24(30)21-13-12-17(2)22(15-21)28-25(31)19-9-5-4-6-10-19/h4-15H,3,16H2,1-2H3,(H,26,29)(H,27,30)(H,28,31). The van der Waals surface area contributed by atoms with E-state index in [1.807, 2.05) is 26.0 Å². The second-order valence-electron chi connectivity index (χ2n) is 7.09. The molecule has 0 saturated heterocycles. The molecule has 3 amide bonds. The number of carbonyl (C=O) groups excluding carboxylic acids is 3. The fourth-order valence-electron chi connectivity index (χ4n) is 3.05. The van der Waals surface area contributed by atoms with E-state index in [0.29, 0.717) is 28.9 Å². The third-order valence-corrected chi connectivity index (χ3v) is 4.76. The number of anilines is 1. The van der Waals surface area contributed by atoms with E-state index in [1.165, 1.54) is 0 Å². The number of aryl methyl sites for hydroxylation is 1. The summed E-state index contributed by atoms with van der Waals surface area (Å²) in [6.07, 6.45) is 0. The summed E-state index contributed by atoms with van der Waals surface area (Å²) in [7, 11) is 0. The smallest absolute Gasteiger partial charge is 0.255 e. The van der Waals surface area contributed by atoms with Crippen LogP contribution in [-0.4, -0.2) is 24.3 Å². The van der Waals surface area contributed by atoms with E-state index in [2.05, 4.69) is 16.0 Å². The number of hydrogen-bond acceptors (Lipinski definition) is 3. The van der Waals surface area contributed by atoms with Crippen molar-refractivity contribution in [2.45, 2.75) is 20.4 Å². The maximum absolute atomic E-state index is 12.7. The van der Waals surface area contributed by atoms with E-state index in [9.17, 15) is 14.4 Å². The van der Waals surface area contributed by atoms with E-state index in [-0.39, 0.29) is 24.3 Å². The molecule has 3 N–H and O–H groups in total. The number of nitrogens with one attached hydrogen (secondary N) is 3. The Kier molecular flexibility index (Phi) is 7.17. The minimum absolute atomic E-state index is 0.145. The molecule has 0 fully saturated rings. The lowest BCUT2D eigenvalue weighted by Gasteiger charge is -2.12. The molecule has 31 heavy (non-hydrogen) atoms. The fourth-order valence-corrected chi connectivity index (χ4v) is 3.05. The van der Waals surface area contributed by atoms with Gasteiger partial charge in [-0.25, -0.2) is 0 Å². The Morgan fingerprint density at radius 1 is 0.710 bits per heavy atom. The lowest BCUT2D eigenvalue weighted by Crippen LogP contribution is -2.24. The lowest BCUT2D eigenvalue weighted by molar-refractivity contribution is 0.0946. The molecule has 0 spiro atoms. The van der Waals surface area contributed by atoms with E-state index >= 15 is 0 Å². The monoisotopic (exact) mass is 415 g/mol. The van der Waals surface area contributed by atoms with Crippen LogP contribution in [0.2, 0.25) is 0 Å². The van der Waals surface area contributed by atoms with Gasteiger partial charge in [0.1, 0.15) is 0 Å². The van der Waals surface area contributed by atoms with Crippen LogP contribution in [0.25, 0.3) is 0 Å². The van der Waals surface area contributed by atoms with Gasteiger partial charge in [0.25, 0.3) is 17.7 Å². The van der Waals surface area contributed by atoms with Crippen LogP contribution in [0.3, 0.4) is 0 Å². The van der Waals surface area contributed by atoms with Crippen LogP contribution in [0.1, 0.15) is 49.1 Å². The predicted molar refractivity (Wildman–Crippen MR) is 121 cm³/mol. The Morgan fingerprint density at radius 3 is 2.13 bits per heavy atom. The molecule has 0 aromatic heterocycles. The lowest BCUT2D eigenvalue weighted by atomic mass is 10.1. The third-order valence-electron chi connectivity index (χ3n) is 4.76. The molecular formula is C25H25N3O3. The molecule has 0 bridgehead atoms. The van der Waals surface area contributed by atoms with Crippen LogP contribution in [-0.2, 0) is 6.54 Å². The quantitative estimate of drug-likeness (QED) is 0.546. The maximum Gasteiger partial charge on any atom is 0.255 e. The van der Waals surface area contributed by atoms with Crippen molar-refractivity contribution in [3.63, 3.8) is 0 Å². The molecule has 0 unspecified atom stereocenters. The van der Waals surface area contributed by atoms with Crippen molar-refractivity contribution >= 4 is 23.4 Å². The Bertz CT molecular complexity index is 1090. The molecular weight excluding hydrogens is 390 g/mol. The first kappa shape index (κ1) is 21.8. The summed E-state index contributed by atoms with van der Waals surface area (Å²) in [5.41, 5.74) is 3.80. The van der Waals surface area contributed by atoms with Crippen molar-refractivity contribution in [2.75, 3.05) is 11.9 Å². The topological polar surface area (TPSA) is 87.3 Å². The zero-order valence-electron chi connectivity index (χ0n) is 17.6. The van der Waals surface area contributed by atoms with Crippen LogP contribution in [0.5, 0.6) is 0 Å². The van der Waals surface area contributed by atoms with Crippen molar-refractivity contribution in [3.8, 4) is 0 Å². The summed E-state index contributed by atoms with van der Waals surface area (Å²) < 4.78 is 0. The maximum atomic E-state index is 12.7. The molecule has 3 aromatic carbocycles. The first-order chi connectivity index (χ1) is 15.0. The van der Waals surface area contributed by atoms with Gasteiger partial charge in [0.05, 0.1) is 0 Å². The summed E-state index contributed by atoms with van der Waals surface area (Å²) in [5, 5.41) is 8.48. The van der Waals surface area contributed by atoms with Crippen LogP contribution in [0.4, 0.5) is 5.69 Å². The van der Waals surface area contributed by atoms with Gasteiger partial charge in [-0.1, -0.05) is 36.4 Å². The normalized spacial score (nSPS) is 10.3. The molecule has 0 aliphatic heterocycles. The number of hydrogen-bond donors (Lipinski definition) is 3. The molecule has 0 saturated carbocycles. The molecule has 0 heterocycles. The van der Waals surface area contributed by atoms with Gasteiger partial charge in [-0.2, -0.15) is 0 Å². The average molecular weight is 415 g/mol. The van der Waals surface area contributed by atoms with Crippen LogP contribution >= 0.6 is 0 Å². The molecule has 0 radical (unpaired) electrons. The second kappa shape index (κ2) is 10.2. The Balaban J connectivity index is 1.67. The predicted octanol–water partition coefficient (Wildman–Crippen LogP) is 3.93. The minimum atomic E-state index is -0.265. The highest BCUT2D eigenvalue weighted by Crippen LogP contribution is 2.18. The molecule has 0 aliphatic carbocycles. The largest absolute Gasteiger partial charge is 0.352 e. The minimum Gasteiger partial charge on any atom is -0.352 e. The van der Waals surface area contributed by atoms with Crippen molar-refractivity contribution < 1.29 is 14.4 Å². The SMILES string of the molecule is CCNC(=O)c1cccc(CNC(=O)c2ccc(C)c(NC(=O)c3ccccc3)c2)c1. The van der Waals surface area contributed by atoms with Crippen LogP contribution < -0.4 is 16.0 Å². The van der Waals surface area contributed by atoms with Crippen molar-refractivity contribution in [2.24, 2.45) is 0 Å². The fraction of sp³-hybridized carbons (Fsp3) is 0.160.